The molecule has 0 spiro atoms. The van der Waals surface area contributed by atoms with Gasteiger partial charge in [0.05, 0.1) is 10.9 Å². The molecule has 3 rings (SSSR count). The van der Waals surface area contributed by atoms with Crippen LogP contribution in [0.5, 0.6) is 0 Å². The Kier molecular flexibility index (Phi) is 8.13. The van der Waals surface area contributed by atoms with Crippen LogP contribution >= 0.6 is 12.6 Å². The Labute approximate surface area is 199 Å². The highest BCUT2D eigenvalue weighted by molar-refractivity contribution is 7.81. The predicted octanol–water partition coefficient (Wildman–Crippen LogP) is 3.24. The van der Waals surface area contributed by atoms with Gasteiger partial charge in [0.2, 0.25) is 11.8 Å². The van der Waals surface area contributed by atoms with Gasteiger partial charge in [0.1, 0.15) is 11.6 Å². The Balaban J connectivity index is 1.71. The minimum absolute atomic E-state index is 0.00988. The number of nitrogens with one attached hydrogen (secondary N) is 2. The molecular weight excluding hydrogens is 438 g/mol. The third-order valence-electron chi connectivity index (χ3n) is 6.11. The summed E-state index contributed by atoms with van der Waals surface area (Å²) in [5.74, 6) is -1.86. The first-order valence-electron chi connectivity index (χ1n) is 11.3. The number of thiol groups is 1. The number of rotatable bonds is 9. The molecule has 2 aromatic rings. The first-order valence-corrected chi connectivity index (χ1v) is 11.8. The van der Waals surface area contributed by atoms with Crippen LogP contribution in [0.1, 0.15) is 45.1 Å². The molecule has 1 aliphatic carbocycles. The van der Waals surface area contributed by atoms with E-state index in [9.17, 15) is 19.5 Å². The molecular formula is C25H31N3O4S. The van der Waals surface area contributed by atoms with E-state index < -0.39 is 28.7 Å². The number of carbonyl (C=O) groups excluding carboxylic acids is 2. The maximum atomic E-state index is 13.2. The van der Waals surface area contributed by atoms with Gasteiger partial charge >= 0.3 is 5.97 Å². The zero-order valence-electron chi connectivity index (χ0n) is 19.0. The molecule has 1 aromatic carbocycles. The van der Waals surface area contributed by atoms with Crippen molar-refractivity contribution in [2.45, 2.75) is 62.8 Å². The summed E-state index contributed by atoms with van der Waals surface area (Å²) in [6.45, 7) is 3.77. The van der Waals surface area contributed by atoms with E-state index in [-0.39, 0.29) is 18.2 Å². The van der Waals surface area contributed by atoms with Crippen molar-refractivity contribution in [3.8, 4) is 11.3 Å². The monoisotopic (exact) mass is 469 g/mol. The van der Waals surface area contributed by atoms with Crippen LogP contribution in [0.25, 0.3) is 11.3 Å². The summed E-state index contributed by atoms with van der Waals surface area (Å²) >= 11 is 4.36. The summed E-state index contributed by atoms with van der Waals surface area (Å²) in [6, 6.07) is 12.0. The highest BCUT2D eigenvalue weighted by Crippen LogP contribution is 2.31. The van der Waals surface area contributed by atoms with E-state index in [1.165, 1.54) is 0 Å². The minimum atomic E-state index is -1.12. The first kappa shape index (κ1) is 24.8. The molecule has 0 radical (unpaired) electrons. The van der Waals surface area contributed by atoms with Gasteiger partial charge in [-0.15, -0.1) is 0 Å². The van der Waals surface area contributed by atoms with Gasteiger partial charge in [-0.2, -0.15) is 12.6 Å². The van der Waals surface area contributed by atoms with Gasteiger partial charge in [-0.1, -0.05) is 57.0 Å². The summed E-state index contributed by atoms with van der Waals surface area (Å²) < 4.78 is 0. The fraction of sp³-hybridized carbons (Fsp3) is 0.440. The second-order valence-electron chi connectivity index (χ2n) is 8.95. The van der Waals surface area contributed by atoms with Crippen LogP contribution in [0, 0.1) is 5.92 Å². The van der Waals surface area contributed by atoms with Crippen molar-refractivity contribution >= 4 is 30.4 Å². The van der Waals surface area contributed by atoms with Gasteiger partial charge in [-0.05, 0) is 36.5 Å². The number of pyridine rings is 1. The van der Waals surface area contributed by atoms with Crippen molar-refractivity contribution in [3.63, 3.8) is 0 Å². The SMILES string of the molecule is CC(C)[C@H](S)C(=O)NC1(C(=O)NC(Cc2ccc(-c3ccccn3)cc2)C(=O)O)CCCC1. The van der Waals surface area contributed by atoms with Crippen molar-refractivity contribution < 1.29 is 19.5 Å². The Bertz CT molecular complexity index is 973. The fourth-order valence-electron chi connectivity index (χ4n) is 4.08. The number of aromatic nitrogens is 1. The molecule has 0 saturated heterocycles. The van der Waals surface area contributed by atoms with E-state index >= 15 is 0 Å². The molecule has 1 heterocycles. The molecule has 3 N–H and O–H groups in total. The lowest BCUT2D eigenvalue weighted by molar-refractivity contribution is -0.143. The third-order valence-corrected chi connectivity index (χ3v) is 6.94. The maximum Gasteiger partial charge on any atom is 0.326 e. The molecule has 0 bridgehead atoms. The molecule has 1 aromatic heterocycles. The highest BCUT2D eigenvalue weighted by Gasteiger charge is 2.44. The lowest BCUT2D eigenvalue weighted by Gasteiger charge is -2.32. The van der Waals surface area contributed by atoms with Gasteiger partial charge in [0.25, 0.3) is 0 Å². The predicted molar refractivity (Wildman–Crippen MR) is 130 cm³/mol. The molecule has 1 fully saturated rings. The van der Waals surface area contributed by atoms with Gasteiger partial charge in [0.15, 0.2) is 0 Å². The molecule has 2 amide bonds. The fourth-order valence-corrected chi connectivity index (χ4v) is 4.14. The zero-order chi connectivity index (χ0) is 24.0. The number of hydrogen-bond donors (Lipinski definition) is 4. The molecule has 176 valence electrons. The highest BCUT2D eigenvalue weighted by atomic mass is 32.1. The lowest BCUT2D eigenvalue weighted by Crippen LogP contribution is -2.61. The molecule has 1 unspecified atom stereocenters. The van der Waals surface area contributed by atoms with Crippen LogP contribution in [0.2, 0.25) is 0 Å². The van der Waals surface area contributed by atoms with Crippen molar-refractivity contribution in [2.24, 2.45) is 5.92 Å². The van der Waals surface area contributed by atoms with Gasteiger partial charge in [0, 0.05) is 18.2 Å². The number of benzene rings is 1. The van der Waals surface area contributed by atoms with Crippen LogP contribution in [0.3, 0.4) is 0 Å². The van der Waals surface area contributed by atoms with Gasteiger partial charge < -0.3 is 15.7 Å². The molecule has 1 aliphatic rings. The molecule has 2 atom stereocenters. The van der Waals surface area contributed by atoms with E-state index in [4.69, 9.17) is 0 Å². The normalized spacial score (nSPS) is 16.7. The van der Waals surface area contributed by atoms with Crippen molar-refractivity contribution in [2.75, 3.05) is 0 Å². The Morgan fingerprint density at radius 1 is 1.09 bits per heavy atom. The van der Waals surface area contributed by atoms with Crippen LogP contribution in [0.15, 0.2) is 48.7 Å². The summed E-state index contributed by atoms with van der Waals surface area (Å²) in [4.78, 5) is 42.1. The number of nitrogens with zero attached hydrogens (tertiary/aromatic N) is 1. The quantitative estimate of drug-likeness (QED) is 0.422. The number of carboxylic acid groups (broad SMARTS) is 1. The number of carboxylic acids is 1. The van der Waals surface area contributed by atoms with Crippen LogP contribution < -0.4 is 10.6 Å². The smallest absolute Gasteiger partial charge is 0.326 e. The molecule has 0 aliphatic heterocycles. The molecule has 1 saturated carbocycles. The van der Waals surface area contributed by atoms with Gasteiger partial charge in [-0.25, -0.2) is 4.79 Å². The Morgan fingerprint density at radius 3 is 2.30 bits per heavy atom. The summed E-state index contributed by atoms with van der Waals surface area (Å²) in [6.07, 6.45) is 4.39. The van der Waals surface area contributed by atoms with E-state index in [0.717, 1.165) is 29.7 Å². The average molecular weight is 470 g/mol. The number of aliphatic carboxylic acids is 1. The van der Waals surface area contributed by atoms with Crippen LogP contribution in [-0.2, 0) is 20.8 Å². The largest absolute Gasteiger partial charge is 0.480 e. The number of amides is 2. The van der Waals surface area contributed by atoms with E-state index in [1.54, 1.807) is 6.20 Å². The van der Waals surface area contributed by atoms with Crippen molar-refractivity contribution in [1.29, 1.82) is 0 Å². The summed E-state index contributed by atoms with van der Waals surface area (Å²) in [5.41, 5.74) is 1.44. The average Bonchev–Trinajstić information content (AvgIpc) is 3.28. The zero-order valence-corrected chi connectivity index (χ0v) is 19.8. The first-order chi connectivity index (χ1) is 15.7. The van der Waals surface area contributed by atoms with Crippen molar-refractivity contribution in [3.05, 3.63) is 54.2 Å². The molecule has 7 nitrogen and oxygen atoms in total. The maximum absolute atomic E-state index is 13.2. The van der Waals surface area contributed by atoms with Gasteiger partial charge in [-0.3, -0.25) is 14.6 Å². The Morgan fingerprint density at radius 2 is 1.76 bits per heavy atom. The van der Waals surface area contributed by atoms with E-state index in [0.29, 0.717) is 12.8 Å². The molecule has 8 heteroatoms. The topological polar surface area (TPSA) is 108 Å². The second-order valence-corrected chi connectivity index (χ2v) is 9.50. The van der Waals surface area contributed by atoms with Crippen molar-refractivity contribution in [1.82, 2.24) is 15.6 Å². The minimum Gasteiger partial charge on any atom is -0.480 e. The Hall–Kier alpha value is -2.87. The van der Waals surface area contributed by atoms with Crippen LogP contribution in [-0.4, -0.2) is 44.7 Å². The number of carbonyl (C=O) groups is 3. The van der Waals surface area contributed by atoms with Crippen LogP contribution in [0.4, 0.5) is 0 Å². The van der Waals surface area contributed by atoms with E-state index in [1.807, 2.05) is 56.3 Å². The molecule has 33 heavy (non-hydrogen) atoms. The third kappa shape index (κ3) is 6.13. The second kappa shape index (κ2) is 10.8. The summed E-state index contributed by atoms with van der Waals surface area (Å²) in [5, 5.41) is 14.8. The lowest BCUT2D eigenvalue weighted by atomic mass is 9.94. The number of hydrogen-bond acceptors (Lipinski definition) is 5. The van der Waals surface area contributed by atoms with E-state index in [2.05, 4.69) is 28.2 Å². The standard InChI is InChI=1S/C25H31N3O4S/c1-16(2)21(33)22(29)28-25(12-4-5-13-25)24(32)27-20(23(30)31)15-17-8-10-18(11-9-17)19-7-3-6-14-26-19/h3,6-11,14,16,20-21,33H,4-5,12-13,15H2,1-2H3,(H,27,32)(H,28,29)(H,30,31)/t20?,21-/m0/s1. The summed E-state index contributed by atoms with van der Waals surface area (Å²) in [7, 11) is 0.